The Morgan fingerprint density at radius 3 is 2.57 bits per heavy atom. The third-order valence-corrected chi connectivity index (χ3v) is 7.42. The Morgan fingerprint density at radius 2 is 1.80 bits per heavy atom. The maximum atomic E-state index is 13.1. The van der Waals surface area contributed by atoms with Gasteiger partial charge in [-0.05, 0) is 41.8 Å². The number of rotatable bonds is 4. The molecule has 1 amide bonds. The van der Waals surface area contributed by atoms with Crippen molar-refractivity contribution >= 4 is 48.9 Å². The maximum Gasteiger partial charge on any atom is 0.265 e. The van der Waals surface area contributed by atoms with Crippen molar-refractivity contribution in [1.29, 1.82) is 0 Å². The summed E-state index contributed by atoms with van der Waals surface area (Å²) in [6.45, 7) is -0.360. The van der Waals surface area contributed by atoms with Gasteiger partial charge in [-0.25, -0.2) is 17.8 Å². The highest BCUT2D eigenvalue weighted by molar-refractivity contribution is 7.93. The van der Waals surface area contributed by atoms with Crippen molar-refractivity contribution in [2.75, 3.05) is 16.2 Å². The van der Waals surface area contributed by atoms with Crippen molar-refractivity contribution in [3.05, 3.63) is 71.9 Å². The minimum atomic E-state index is -3.81. The lowest BCUT2D eigenvalue weighted by atomic mass is 10.1. The van der Waals surface area contributed by atoms with E-state index in [-0.39, 0.29) is 17.3 Å². The molecule has 0 spiro atoms. The van der Waals surface area contributed by atoms with Gasteiger partial charge in [-0.2, -0.15) is 0 Å². The first-order chi connectivity index (χ1) is 14.4. The molecular formula is C21H14FN3O3S2. The second-order valence-electron chi connectivity index (χ2n) is 6.74. The molecule has 6 nitrogen and oxygen atoms in total. The van der Waals surface area contributed by atoms with E-state index >= 15 is 0 Å². The summed E-state index contributed by atoms with van der Waals surface area (Å²) >= 11 is 1.21. The summed E-state index contributed by atoms with van der Waals surface area (Å²) in [5.41, 5.74) is 1.81. The molecule has 0 fully saturated rings. The maximum absolute atomic E-state index is 13.1. The van der Waals surface area contributed by atoms with Crippen molar-refractivity contribution in [1.82, 2.24) is 4.98 Å². The monoisotopic (exact) mass is 439 g/mol. The highest BCUT2D eigenvalue weighted by Gasteiger charge is 2.36. The van der Waals surface area contributed by atoms with E-state index in [1.165, 1.54) is 23.5 Å². The summed E-state index contributed by atoms with van der Waals surface area (Å²) in [4.78, 5) is 17.2. The molecule has 0 unspecified atom stereocenters. The second kappa shape index (κ2) is 6.89. The Hall–Kier alpha value is -3.30. The highest BCUT2D eigenvalue weighted by Crippen LogP contribution is 2.41. The molecule has 1 N–H and O–H groups in total. The van der Waals surface area contributed by atoms with Gasteiger partial charge < -0.3 is 5.32 Å². The van der Waals surface area contributed by atoms with E-state index in [0.29, 0.717) is 21.9 Å². The number of aromatic nitrogens is 1. The van der Waals surface area contributed by atoms with Gasteiger partial charge in [0.2, 0.25) is 5.91 Å². The molecule has 150 valence electrons. The molecule has 4 aromatic rings. The molecule has 5 rings (SSSR count). The predicted molar refractivity (Wildman–Crippen MR) is 115 cm³/mol. The number of amides is 1. The fourth-order valence-electron chi connectivity index (χ4n) is 3.50. The van der Waals surface area contributed by atoms with Gasteiger partial charge in [0.25, 0.3) is 10.0 Å². The number of carbonyl (C=O) groups excluding carboxylic acids is 1. The van der Waals surface area contributed by atoms with Gasteiger partial charge in [-0.1, -0.05) is 24.3 Å². The minimum absolute atomic E-state index is 0.205. The molecule has 3 aromatic carbocycles. The summed E-state index contributed by atoms with van der Waals surface area (Å²) in [6.07, 6.45) is 0. The molecule has 0 atom stereocenters. The Labute approximate surface area is 175 Å². The number of hydrogen-bond donors (Lipinski definition) is 1. The van der Waals surface area contributed by atoms with Crippen LogP contribution in [0, 0.1) is 5.82 Å². The van der Waals surface area contributed by atoms with Crippen LogP contribution in [0.15, 0.2) is 70.9 Å². The minimum Gasteiger partial charge on any atom is -0.300 e. The first-order valence-corrected chi connectivity index (χ1v) is 11.3. The third-order valence-electron chi connectivity index (χ3n) is 4.86. The van der Waals surface area contributed by atoms with E-state index in [1.807, 2.05) is 12.1 Å². The Morgan fingerprint density at radius 1 is 1.07 bits per heavy atom. The van der Waals surface area contributed by atoms with Crippen LogP contribution < -0.4 is 9.62 Å². The SMILES string of the molecule is O=C(CN1c2cccc3cccc(c23)S1(=O)=O)Nc1nc(-c2ccc(F)cc2)cs1. The molecule has 1 aliphatic heterocycles. The molecule has 0 aliphatic carbocycles. The van der Waals surface area contributed by atoms with Crippen LogP contribution >= 0.6 is 11.3 Å². The van der Waals surface area contributed by atoms with E-state index in [1.54, 1.807) is 41.8 Å². The molecule has 30 heavy (non-hydrogen) atoms. The Kier molecular flexibility index (Phi) is 4.30. The van der Waals surface area contributed by atoms with Crippen molar-refractivity contribution in [3.63, 3.8) is 0 Å². The lowest BCUT2D eigenvalue weighted by molar-refractivity contribution is -0.114. The van der Waals surface area contributed by atoms with E-state index in [2.05, 4.69) is 10.3 Å². The van der Waals surface area contributed by atoms with E-state index in [4.69, 9.17) is 0 Å². The number of hydrogen-bond acceptors (Lipinski definition) is 5. The topological polar surface area (TPSA) is 79.4 Å². The average molecular weight is 439 g/mol. The number of carbonyl (C=O) groups is 1. The second-order valence-corrected chi connectivity index (χ2v) is 9.42. The van der Waals surface area contributed by atoms with Gasteiger partial charge >= 0.3 is 0 Å². The normalized spacial score (nSPS) is 14.2. The third kappa shape index (κ3) is 3.03. The first kappa shape index (κ1) is 18.7. The number of nitrogens with one attached hydrogen (secondary N) is 1. The number of halogens is 1. The van der Waals surface area contributed by atoms with Crippen LogP contribution in [0.2, 0.25) is 0 Å². The van der Waals surface area contributed by atoms with E-state index < -0.39 is 15.9 Å². The number of anilines is 2. The number of benzene rings is 3. The van der Waals surface area contributed by atoms with Gasteiger partial charge in [0.15, 0.2) is 5.13 Å². The number of thiazole rings is 1. The summed E-state index contributed by atoms with van der Waals surface area (Å²) in [7, 11) is -3.81. The van der Waals surface area contributed by atoms with Crippen molar-refractivity contribution in [3.8, 4) is 11.3 Å². The van der Waals surface area contributed by atoms with Crippen molar-refractivity contribution in [2.24, 2.45) is 0 Å². The van der Waals surface area contributed by atoms with E-state index in [0.717, 1.165) is 15.3 Å². The molecule has 0 bridgehead atoms. The fourth-order valence-corrected chi connectivity index (χ4v) is 5.90. The molecule has 0 saturated heterocycles. The molecule has 0 saturated carbocycles. The Bertz CT molecular complexity index is 1390. The van der Waals surface area contributed by atoms with Crippen LogP contribution in [0.5, 0.6) is 0 Å². The smallest absolute Gasteiger partial charge is 0.265 e. The van der Waals surface area contributed by atoms with Gasteiger partial charge in [-0.15, -0.1) is 11.3 Å². The molecule has 1 aromatic heterocycles. The summed E-state index contributed by atoms with van der Waals surface area (Å²) in [5, 5.41) is 6.17. The average Bonchev–Trinajstić information content (AvgIpc) is 3.27. The molecule has 2 heterocycles. The van der Waals surface area contributed by atoms with Crippen molar-refractivity contribution < 1.29 is 17.6 Å². The van der Waals surface area contributed by atoms with Crippen LogP contribution in [0.25, 0.3) is 22.0 Å². The van der Waals surface area contributed by atoms with Gasteiger partial charge in [0.1, 0.15) is 12.4 Å². The quantitative estimate of drug-likeness (QED) is 0.516. The standard InChI is InChI=1S/C21H14FN3O3S2/c22-15-9-7-13(8-10-15)16-12-29-21(23-16)24-19(26)11-25-17-5-1-3-14-4-2-6-18(20(14)17)30(25,27)28/h1-10,12H,11H2,(H,23,24,26). The zero-order valence-corrected chi connectivity index (χ0v) is 17.0. The van der Waals surface area contributed by atoms with E-state index in [9.17, 15) is 17.6 Å². The number of nitrogens with zero attached hydrogens (tertiary/aromatic N) is 2. The van der Waals surface area contributed by atoms with Crippen molar-refractivity contribution in [2.45, 2.75) is 4.90 Å². The van der Waals surface area contributed by atoms with Crippen LogP contribution in [0.3, 0.4) is 0 Å². The molecule has 1 aliphatic rings. The fraction of sp³-hybridized carbons (Fsp3) is 0.0476. The summed E-state index contributed by atoms with van der Waals surface area (Å²) in [6, 6.07) is 16.3. The molecule has 0 radical (unpaired) electrons. The lowest BCUT2D eigenvalue weighted by Crippen LogP contribution is -2.35. The zero-order valence-electron chi connectivity index (χ0n) is 15.4. The van der Waals surface area contributed by atoms with Crippen LogP contribution in [-0.2, 0) is 14.8 Å². The van der Waals surface area contributed by atoms with Gasteiger partial charge in [0.05, 0.1) is 16.3 Å². The molecule has 9 heteroatoms. The van der Waals surface area contributed by atoms with Crippen LogP contribution in [-0.4, -0.2) is 25.9 Å². The largest absolute Gasteiger partial charge is 0.300 e. The Balaban J connectivity index is 1.38. The summed E-state index contributed by atoms with van der Waals surface area (Å²) < 4.78 is 40.2. The van der Waals surface area contributed by atoms with Gasteiger partial charge in [-0.3, -0.25) is 9.10 Å². The van der Waals surface area contributed by atoms with Crippen LogP contribution in [0.1, 0.15) is 0 Å². The lowest BCUT2D eigenvalue weighted by Gasteiger charge is -2.17. The summed E-state index contributed by atoms with van der Waals surface area (Å²) in [5.74, 6) is -0.839. The first-order valence-electron chi connectivity index (χ1n) is 8.99. The predicted octanol–water partition coefficient (Wildman–Crippen LogP) is 4.25. The van der Waals surface area contributed by atoms with Crippen LogP contribution in [0.4, 0.5) is 15.2 Å². The number of sulfonamides is 1. The zero-order chi connectivity index (χ0) is 20.9. The molecular weight excluding hydrogens is 425 g/mol. The highest BCUT2D eigenvalue weighted by atomic mass is 32.2. The van der Waals surface area contributed by atoms with Gasteiger partial charge in [0, 0.05) is 16.3 Å².